The molecule has 10 rings (SSSR count). The van der Waals surface area contributed by atoms with Gasteiger partial charge in [-0.3, -0.25) is 19.6 Å². The molecular formula is C58H84N4O4. The second-order valence-electron chi connectivity index (χ2n) is 25.0. The van der Waals surface area contributed by atoms with Gasteiger partial charge in [0.25, 0.3) is 0 Å². The first-order valence-electron chi connectivity index (χ1n) is 24.8. The van der Waals surface area contributed by atoms with Crippen LogP contribution in [0.3, 0.4) is 0 Å². The number of piperazine rings is 2. The molecular weight excluding hydrogens is 817 g/mol. The van der Waals surface area contributed by atoms with Gasteiger partial charge < -0.3 is 20.4 Å². The van der Waals surface area contributed by atoms with Gasteiger partial charge in [-0.15, -0.1) is 0 Å². The average Bonchev–Trinajstić information content (AvgIpc) is 3.19. The molecule has 0 saturated carbocycles. The number of phenolic OH excluding ortho intramolecular Hbond substituents is 4. The molecule has 0 aromatic heterocycles. The van der Waals surface area contributed by atoms with E-state index in [9.17, 15) is 20.4 Å². The first-order chi connectivity index (χ1) is 30.5. The Bertz CT molecular complexity index is 2090. The van der Waals surface area contributed by atoms with Crippen molar-refractivity contribution in [2.45, 2.75) is 196 Å². The SMILES string of the molecule is CC1CN2Cc3cc(C(C)(C)C)cc(c3O)Cc3cc(C(C)(C)C)cc(c3O)CN3CC(C)N(Cc4cc(C(C)(C)C)cc(c4O)Cc4cc(C(C)(C)C)cc(c4O)CN1CC2C)CC3C. The molecule has 0 spiro atoms. The van der Waals surface area contributed by atoms with Crippen LogP contribution in [0.15, 0.2) is 48.5 Å². The van der Waals surface area contributed by atoms with Crippen molar-refractivity contribution in [3.8, 4) is 23.0 Å². The molecule has 8 unspecified atom stereocenters. The molecule has 8 heteroatoms. The molecule has 0 aliphatic carbocycles. The van der Waals surface area contributed by atoms with Crippen molar-refractivity contribution in [2.75, 3.05) is 26.2 Å². The van der Waals surface area contributed by atoms with E-state index in [1.807, 2.05) is 0 Å². The van der Waals surface area contributed by atoms with E-state index in [4.69, 9.17) is 0 Å². The molecule has 66 heavy (non-hydrogen) atoms. The van der Waals surface area contributed by atoms with Gasteiger partial charge >= 0.3 is 0 Å². The lowest BCUT2D eigenvalue weighted by molar-refractivity contribution is 0.0319. The average molecular weight is 901 g/mol. The normalized spacial score (nSPS) is 25.8. The van der Waals surface area contributed by atoms with Gasteiger partial charge in [0.15, 0.2) is 0 Å². The Morgan fingerprint density at radius 1 is 0.318 bits per heavy atom. The van der Waals surface area contributed by atoms with Crippen LogP contribution < -0.4 is 0 Å². The highest BCUT2D eigenvalue weighted by Crippen LogP contribution is 2.41. The van der Waals surface area contributed by atoms with E-state index in [2.05, 4.69) is 179 Å². The van der Waals surface area contributed by atoms with E-state index in [1.54, 1.807) is 0 Å². The molecule has 8 nitrogen and oxygen atoms in total. The van der Waals surface area contributed by atoms with Crippen LogP contribution in [0.1, 0.15) is 178 Å². The maximum Gasteiger partial charge on any atom is 0.123 e. The second-order valence-corrected chi connectivity index (χ2v) is 25.0. The van der Waals surface area contributed by atoms with Gasteiger partial charge in [-0.1, -0.05) is 132 Å². The highest BCUT2D eigenvalue weighted by Gasteiger charge is 2.34. The molecule has 8 atom stereocenters. The van der Waals surface area contributed by atoms with Crippen LogP contribution in [-0.4, -0.2) is 90.4 Å². The van der Waals surface area contributed by atoms with E-state index in [-0.39, 0.29) is 45.8 Å². The van der Waals surface area contributed by atoms with E-state index >= 15 is 0 Å². The third kappa shape index (κ3) is 10.6. The van der Waals surface area contributed by atoms with Crippen LogP contribution in [0.5, 0.6) is 23.0 Å². The van der Waals surface area contributed by atoms with Crippen LogP contribution in [0, 0.1) is 0 Å². The Morgan fingerprint density at radius 2 is 0.485 bits per heavy atom. The predicted molar refractivity (Wildman–Crippen MR) is 272 cm³/mol. The number of hydrogen-bond acceptors (Lipinski definition) is 8. The molecule has 2 fully saturated rings. The summed E-state index contributed by atoms with van der Waals surface area (Å²) in [6.07, 6.45) is 0.840. The Kier molecular flexibility index (Phi) is 13.7. The first-order valence-corrected chi connectivity index (χ1v) is 24.8. The number of benzene rings is 4. The van der Waals surface area contributed by atoms with Gasteiger partial charge in [-0.2, -0.15) is 0 Å². The highest BCUT2D eigenvalue weighted by molar-refractivity contribution is 5.54. The van der Waals surface area contributed by atoms with Gasteiger partial charge in [-0.25, -0.2) is 0 Å². The lowest BCUT2D eigenvalue weighted by atomic mass is 9.81. The zero-order chi connectivity index (χ0) is 48.6. The lowest BCUT2D eigenvalue weighted by Crippen LogP contribution is -2.55. The minimum atomic E-state index is -0.150. The van der Waals surface area contributed by atoms with Gasteiger partial charge in [-0.05, 0) is 93.9 Å². The van der Waals surface area contributed by atoms with E-state index in [1.165, 1.54) is 22.3 Å². The van der Waals surface area contributed by atoms with E-state index in [0.717, 1.165) is 70.7 Å². The molecule has 2 saturated heterocycles. The molecule has 6 aliphatic rings. The van der Waals surface area contributed by atoms with Gasteiger partial charge in [0.1, 0.15) is 23.0 Å². The third-order valence-electron chi connectivity index (χ3n) is 15.3. The zero-order valence-electron chi connectivity index (χ0n) is 43.6. The smallest absolute Gasteiger partial charge is 0.123 e. The topological polar surface area (TPSA) is 93.9 Å². The van der Waals surface area contributed by atoms with Gasteiger partial charge in [0.2, 0.25) is 0 Å². The maximum absolute atomic E-state index is 12.3. The fraction of sp³-hybridized carbons (Fsp3) is 0.586. The van der Waals surface area contributed by atoms with Crippen LogP contribution in [0.4, 0.5) is 0 Å². The predicted octanol–water partition coefficient (Wildman–Crippen LogP) is 11.4. The summed E-state index contributed by atoms with van der Waals surface area (Å²) in [7, 11) is 0. The summed E-state index contributed by atoms with van der Waals surface area (Å²) in [4.78, 5) is 9.97. The van der Waals surface area contributed by atoms with Crippen LogP contribution >= 0.6 is 0 Å². The zero-order valence-corrected chi connectivity index (χ0v) is 43.6. The molecule has 6 heterocycles. The molecule has 6 aliphatic heterocycles. The standard InChI is InChI=1S/C58H84N4O4/c1-35-27-60-32-44-24-48(56(8,9)10)20-40(52(44)64)18-42-22-50(58(14,15)16)26-46(54(42)66)34-62-30-37(3)61(29-38(62)4)33-45-25-49(57(11,12)13)21-41(53(45)65)17-39-19-47(55(5,6)7)23-43(51(39)63)31-59(35)28-36(60)2/h19-26,35-38,63-66H,17-18,27-34H2,1-16H3. The number of phenols is 4. The van der Waals surface area contributed by atoms with Crippen LogP contribution in [-0.2, 0) is 60.7 Å². The third-order valence-corrected chi connectivity index (χ3v) is 15.3. The van der Waals surface area contributed by atoms with Crippen LogP contribution in [0.25, 0.3) is 0 Å². The van der Waals surface area contributed by atoms with Crippen molar-refractivity contribution in [3.63, 3.8) is 0 Å². The van der Waals surface area contributed by atoms with Gasteiger partial charge in [0, 0.05) is 112 Å². The van der Waals surface area contributed by atoms with E-state index < -0.39 is 0 Å². The summed E-state index contributed by atoms with van der Waals surface area (Å²) >= 11 is 0. The van der Waals surface area contributed by atoms with Gasteiger partial charge in [0.05, 0.1) is 0 Å². The summed E-state index contributed by atoms with van der Waals surface area (Å²) in [5.74, 6) is 1.26. The fourth-order valence-corrected chi connectivity index (χ4v) is 10.5. The number of aromatic hydroxyl groups is 4. The summed E-state index contributed by atoms with van der Waals surface area (Å²) in [6, 6.07) is 18.2. The Balaban J connectivity index is 1.37. The number of nitrogens with zero attached hydrogens (tertiary/aromatic N) is 4. The molecule has 12 bridgehead atoms. The molecule has 4 aromatic rings. The number of rotatable bonds is 0. The minimum absolute atomic E-state index is 0.150. The molecule has 0 amide bonds. The molecule has 360 valence electrons. The van der Waals surface area contributed by atoms with Crippen LogP contribution in [0.2, 0.25) is 0 Å². The van der Waals surface area contributed by atoms with Crippen molar-refractivity contribution in [3.05, 3.63) is 115 Å². The quantitative estimate of drug-likeness (QED) is 0.139. The van der Waals surface area contributed by atoms with Crippen molar-refractivity contribution in [1.29, 1.82) is 0 Å². The lowest BCUT2D eigenvalue weighted by Gasteiger charge is -2.44. The molecule has 4 aromatic carbocycles. The monoisotopic (exact) mass is 901 g/mol. The Morgan fingerprint density at radius 3 is 0.652 bits per heavy atom. The highest BCUT2D eigenvalue weighted by atomic mass is 16.3. The Hall–Kier alpha value is -4.08. The number of hydrogen-bond donors (Lipinski definition) is 4. The summed E-state index contributed by atoms with van der Waals surface area (Å²) in [5.41, 5.74) is 11.1. The summed E-state index contributed by atoms with van der Waals surface area (Å²) in [5, 5.41) is 49.1. The summed E-state index contributed by atoms with van der Waals surface area (Å²) in [6.45, 7) is 41.5. The Labute approximate surface area is 398 Å². The second kappa shape index (κ2) is 18.1. The fourth-order valence-electron chi connectivity index (χ4n) is 10.5. The van der Waals surface area contributed by atoms with Crippen molar-refractivity contribution in [1.82, 2.24) is 19.6 Å². The minimum Gasteiger partial charge on any atom is -0.507 e. The summed E-state index contributed by atoms with van der Waals surface area (Å²) < 4.78 is 0. The van der Waals surface area contributed by atoms with Crippen molar-refractivity contribution >= 4 is 0 Å². The van der Waals surface area contributed by atoms with E-state index in [0.29, 0.717) is 62.0 Å². The molecule has 4 N–H and O–H groups in total. The largest absolute Gasteiger partial charge is 0.507 e. The van der Waals surface area contributed by atoms with Crippen molar-refractivity contribution < 1.29 is 20.4 Å². The maximum atomic E-state index is 12.3. The van der Waals surface area contributed by atoms with Crippen molar-refractivity contribution in [2.24, 2.45) is 0 Å². The first kappa shape index (κ1) is 49.8. The molecule has 0 radical (unpaired) electrons.